The van der Waals surface area contributed by atoms with Crippen LogP contribution in [0.15, 0.2) is 140 Å². The van der Waals surface area contributed by atoms with Gasteiger partial charge in [0.05, 0.1) is 8.07 Å². The summed E-state index contributed by atoms with van der Waals surface area (Å²) in [6.45, 7) is 18.6. The van der Waals surface area contributed by atoms with Gasteiger partial charge in [0.25, 0.3) is 0 Å². The first-order valence-corrected chi connectivity index (χ1v) is 24.2. The molecule has 291 valence electrons. The predicted octanol–water partition coefficient (Wildman–Crippen LogP) is 14.3. The molecular formula is C52H52IrN2SSi-2. The van der Waals surface area contributed by atoms with Crippen LogP contribution in [0.1, 0.15) is 51.7 Å². The minimum atomic E-state index is -1.34. The average Bonchev–Trinajstić information content (AvgIpc) is 3.59. The molecule has 1 radical (unpaired) electrons. The van der Waals surface area contributed by atoms with Crippen molar-refractivity contribution >= 4 is 44.8 Å². The normalized spacial score (nSPS) is 12.0. The third kappa shape index (κ3) is 9.79. The number of thiophene rings is 1. The molecule has 8 rings (SSSR count). The Morgan fingerprint density at radius 3 is 1.98 bits per heavy atom. The van der Waals surface area contributed by atoms with Crippen LogP contribution in [0.2, 0.25) is 19.6 Å². The van der Waals surface area contributed by atoms with E-state index in [9.17, 15) is 0 Å². The molecule has 0 spiro atoms. The van der Waals surface area contributed by atoms with Crippen molar-refractivity contribution < 1.29 is 20.1 Å². The molecule has 0 aliphatic rings. The van der Waals surface area contributed by atoms with Crippen molar-refractivity contribution in [1.82, 2.24) is 9.97 Å². The van der Waals surface area contributed by atoms with Crippen LogP contribution in [0.3, 0.4) is 0 Å². The van der Waals surface area contributed by atoms with Crippen LogP contribution in [0.4, 0.5) is 0 Å². The molecule has 1 unspecified atom stereocenters. The number of rotatable bonds is 9. The number of fused-ring (bicyclic) bond motifs is 3. The van der Waals surface area contributed by atoms with E-state index < -0.39 is 8.07 Å². The molecule has 0 bridgehead atoms. The Kier molecular flexibility index (Phi) is 13.6. The zero-order valence-corrected chi connectivity index (χ0v) is 38.6. The second kappa shape index (κ2) is 18.4. The quantitative estimate of drug-likeness (QED) is 0.106. The second-order valence-corrected chi connectivity index (χ2v) is 22.8. The van der Waals surface area contributed by atoms with Gasteiger partial charge >= 0.3 is 0 Å². The van der Waals surface area contributed by atoms with E-state index in [1.807, 2.05) is 41.8 Å². The van der Waals surface area contributed by atoms with Crippen LogP contribution in [0.25, 0.3) is 64.9 Å². The van der Waals surface area contributed by atoms with Gasteiger partial charge in [-0.05, 0) is 85.2 Å². The summed E-state index contributed by atoms with van der Waals surface area (Å²) in [6, 6.07) is 52.0. The topological polar surface area (TPSA) is 25.8 Å². The third-order valence-corrected chi connectivity index (χ3v) is 14.0. The van der Waals surface area contributed by atoms with Gasteiger partial charge in [0.15, 0.2) is 0 Å². The van der Waals surface area contributed by atoms with E-state index in [4.69, 9.17) is 4.98 Å². The molecule has 3 aromatic heterocycles. The van der Waals surface area contributed by atoms with Gasteiger partial charge < -0.3 is 9.97 Å². The van der Waals surface area contributed by atoms with Crippen LogP contribution in [-0.4, -0.2) is 18.0 Å². The minimum absolute atomic E-state index is 0. The summed E-state index contributed by atoms with van der Waals surface area (Å²) in [5.41, 5.74) is 12.0. The molecule has 3 heterocycles. The fraction of sp³-hybridized carbons (Fsp3) is 0.231. The van der Waals surface area contributed by atoms with Gasteiger partial charge in [-0.15, -0.1) is 59.7 Å². The Morgan fingerprint density at radius 2 is 1.32 bits per heavy atom. The van der Waals surface area contributed by atoms with Crippen molar-refractivity contribution in [3.05, 3.63) is 163 Å². The van der Waals surface area contributed by atoms with Gasteiger partial charge in [-0.2, -0.15) is 11.3 Å². The summed E-state index contributed by atoms with van der Waals surface area (Å²) < 4.78 is 2.55. The molecule has 57 heavy (non-hydrogen) atoms. The van der Waals surface area contributed by atoms with Gasteiger partial charge in [-0.25, -0.2) is 0 Å². The maximum Gasteiger partial charge on any atom is 0.0798 e. The second-order valence-electron chi connectivity index (χ2n) is 16.7. The van der Waals surface area contributed by atoms with E-state index in [1.54, 1.807) is 0 Å². The Bertz CT molecular complexity index is 2550. The number of aromatic nitrogens is 2. The summed E-state index contributed by atoms with van der Waals surface area (Å²) >= 11 is 1.84. The van der Waals surface area contributed by atoms with Gasteiger partial charge in [0.2, 0.25) is 0 Å². The molecule has 0 saturated carbocycles. The van der Waals surface area contributed by atoms with Crippen LogP contribution in [0, 0.1) is 24.0 Å². The maximum absolute atomic E-state index is 4.75. The van der Waals surface area contributed by atoms with Crippen molar-refractivity contribution in [1.29, 1.82) is 0 Å². The standard InChI is InChI=1S/C34H28NS.C18H24NSi.Ir/c1-22(2)23(3)27-18-19-35-32(20-27)31-11-7-10-30-29-17-16-28(21-33(29)36-34(30)31)26-14-12-25(13-15-26)24-8-5-4-6-9-24;1-14(2)11-16-12-17(15-9-7-6-8-10-15)19-13-18(16)20(3,4)5;/h4-10,12-23H,1-3H3;6-9,12-14H,11H2,1-5H3;/q2*-1;. The Morgan fingerprint density at radius 1 is 0.632 bits per heavy atom. The molecule has 0 aliphatic carbocycles. The van der Waals surface area contributed by atoms with E-state index in [0.29, 0.717) is 17.8 Å². The van der Waals surface area contributed by atoms with E-state index in [-0.39, 0.29) is 20.1 Å². The Labute approximate surface area is 358 Å². The van der Waals surface area contributed by atoms with Crippen molar-refractivity contribution in [2.75, 3.05) is 0 Å². The maximum atomic E-state index is 4.75. The zero-order valence-electron chi connectivity index (χ0n) is 34.4. The van der Waals surface area contributed by atoms with Gasteiger partial charge in [0, 0.05) is 37.2 Å². The Balaban J connectivity index is 0.000000223. The first-order chi connectivity index (χ1) is 27.0. The largest absolute Gasteiger partial charge is 0.305 e. The third-order valence-electron chi connectivity index (χ3n) is 10.7. The van der Waals surface area contributed by atoms with Crippen LogP contribution in [-0.2, 0) is 26.5 Å². The molecule has 0 N–H and O–H groups in total. The monoisotopic (exact) mass is 957 g/mol. The van der Waals surface area contributed by atoms with Crippen molar-refractivity contribution in [2.45, 2.75) is 66.6 Å². The van der Waals surface area contributed by atoms with Gasteiger partial charge in [-0.3, -0.25) is 0 Å². The molecule has 0 fully saturated rings. The SMILES string of the molecule is CC(C)C(C)c1ccnc(-c2[c-]ccc3c2sc2cc(-c4ccc(-c5ccccc5)cc4)ccc23)c1.CC(C)Cc1cc(-c2[c-]cccc2)ncc1[Si](C)(C)C.[Ir]. The van der Waals surface area contributed by atoms with Crippen molar-refractivity contribution in [3.8, 4) is 44.8 Å². The fourth-order valence-corrected chi connectivity index (χ4v) is 10.2. The molecule has 0 amide bonds. The number of nitrogens with zero attached hydrogens (tertiary/aromatic N) is 2. The van der Waals surface area contributed by atoms with Gasteiger partial charge in [-0.1, -0.05) is 150 Å². The van der Waals surface area contributed by atoms with Crippen LogP contribution in [0.5, 0.6) is 0 Å². The fourth-order valence-electron chi connectivity index (χ4n) is 7.33. The van der Waals surface area contributed by atoms with Crippen LogP contribution < -0.4 is 5.19 Å². The Hall–Kier alpha value is -4.51. The van der Waals surface area contributed by atoms with Crippen LogP contribution >= 0.6 is 11.3 Å². The minimum Gasteiger partial charge on any atom is -0.305 e. The summed E-state index contributed by atoms with van der Waals surface area (Å²) in [4.78, 5) is 9.43. The van der Waals surface area contributed by atoms with Crippen molar-refractivity contribution in [3.63, 3.8) is 0 Å². The number of benzene rings is 5. The summed E-state index contributed by atoms with van der Waals surface area (Å²) in [6.07, 6.45) is 5.18. The number of pyridine rings is 2. The molecule has 1 atom stereocenters. The first-order valence-electron chi connectivity index (χ1n) is 19.9. The summed E-state index contributed by atoms with van der Waals surface area (Å²) in [7, 11) is -1.34. The van der Waals surface area contributed by atoms with E-state index in [2.05, 4.69) is 181 Å². The van der Waals surface area contributed by atoms with E-state index in [1.165, 1.54) is 58.7 Å². The molecule has 0 aliphatic heterocycles. The first kappa shape index (κ1) is 42.1. The molecule has 5 heteroatoms. The molecule has 2 nitrogen and oxygen atoms in total. The smallest absolute Gasteiger partial charge is 0.0798 e. The summed E-state index contributed by atoms with van der Waals surface area (Å²) in [5, 5.41) is 4.06. The zero-order chi connectivity index (χ0) is 39.4. The van der Waals surface area contributed by atoms with Crippen molar-refractivity contribution in [2.24, 2.45) is 11.8 Å². The molecule has 8 aromatic rings. The molecule has 0 saturated heterocycles. The number of hydrogen-bond acceptors (Lipinski definition) is 3. The van der Waals surface area contributed by atoms with Gasteiger partial charge in [0.1, 0.15) is 0 Å². The average molecular weight is 957 g/mol. The summed E-state index contributed by atoms with van der Waals surface area (Å²) in [5.74, 6) is 1.74. The predicted molar refractivity (Wildman–Crippen MR) is 246 cm³/mol. The number of hydrogen-bond donors (Lipinski definition) is 0. The molecular weight excluding hydrogens is 905 g/mol. The van der Waals surface area contributed by atoms with E-state index in [0.717, 1.165) is 28.9 Å². The van der Waals surface area contributed by atoms with E-state index >= 15 is 0 Å². The molecule has 5 aromatic carbocycles.